The molecule has 0 aliphatic carbocycles. The van der Waals surface area contributed by atoms with Crippen LogP contribution < -0.4 is 0 Å². The van der Waals surface area contributed by atoms with Crippen LogP contribution in [0.1, 0.15) is 71.1 Å². The van der Waals surface area contributed by atoms with Crippen molar-refractivity contribution >= 4 is 0 Å². The van der Waals surface area contributed by atoms with Crippen molar-refractivity contribution in [1.82, 2.24) is 0 Å². The number of aliphatic hydroxyl groups is 3. The predicted octanol–water partition coefficient (Wildman–Crippen LogP) is 2.96. The van der Waals surface area contributed by atoms with Crippen LogP contribution in [0.3, 0.4) is 0 Å². The van der Waals surface area contributed by atoms with Crippen molar-refractivity contribution in [2.24, 2.45) is 0 Å². The van der Waals surface area contributed by atoms with E-state index < -0.39 is 31.0 Å². The first kappa shape index (κ1) is 22.6. The number of hydrogen-bond donors (Lipinski definition) is 3. The molecule has 0 aromatic rings. The van der Waals surface area contributed by atoms with Gasteiger partial charge in [-0.2, -0.15) is 0 Å². The molecule has 0 unspecified atom stereocenters. The minimum absolute atomic E-state index is 0.245. The topological polar surface area (TPSA) is 79.2 Å². The van der Waals surface area contributed by atoms with Gasteiger partial charge in [-0.3, -0.25) is 0 Å². The van der Waals surface area contributed by atoms with Crippen molar-refractivity contribution in [3.05, 3.63) is 12.2 Å². The van der Waals surface area contributed by atoms with Gasteiger partial charge in [0.05, 0.1) is 19.8 Å². The van der Waals surface area contributed by atoms with Gasteiger partial charge in [0.1, 0.15) is 24.4 Å². The Balaban J connectivity index is 1.94. The van der Waals surface area contributed by atoms with Crippen molar-refractivity contribution < 1.29 is 24.8 Å². The van der Waals surface area contributed by atoms with Crippen LogP contribution >= 0.6 is 0 Å². The van der Waals surface area contributed by atoms with Crippen molar-refractivity contribution in [3.63, 3.8) is 0 Å². The molecular formula is C20H38O5. The zero-order valence-corrected chi connectivity index (χ0v) is 15.8. The normalized spacial score (nSPS) is 25.0. The number of aliphatic hydroxyl groups excluding tert-OH is 3. The van der Waals surface area contributed by atoms with E-state index in [1.54, 1.807) is 0 Å². The zero-order valence-electron chi connectivity index (χ0n) is 15.8. The quantitative estimate of drug-likeness (QED) is 0.310. The van der Waals surface area contributed by atoms with Crippen molar-refractivity contribution in [2.45, 2.75) is 95.5 Å². The molecular weight excluding hydrogens is 320 g/mol. The lowest BCUT2D eigenvalue weighted by atomic mass is 10.1. The van der Waals surface area contributed by atoms with E-state index in [1.165, 1.54) is 57.8 Å². The lowest BCUT2D eigenvalue weighted by Gasteiger charge is -2.20. The molecule has 1 aliphatic rings. The fourth-order valence-electron chi connectivity index (χ4n) is 3.14. The van der Waals surface area contributed by atoms with E-state index in [4.69, 9.17) is 14.6 Å². The van der Waals surface area contributed by atoms with E-state index in [0.29, 0.717) is 6.61 Å². The van der Waals surface area contributed by atoms with Crippen LogP contribution in [0.2, 0.25) is 0 Å². The summed E-state index contributed by atoms with van der Waals surface area (Å²) >= 11 is 0. The second-order valence-electron chi connectivity index (χ2n) is 7.00. The van der Waals surface area contributed by atoms with Crippen molar-refractivity contribution in [1.29, 1.82) is 0 Å². The van der Waals surface area contributed by atoms with E-state index in [0.717, 1.165) is 6.42 Å². The standard InChI is InChI=1S/C20H38O5/c1-2-3-4-5-6-7-8-9-10-11-12-13-14-24-18-16-25-20(19(18)23)17(22)15-21/h12-13,17-23H,2-11,14-16H2,1H3/b13-12+/t17-,18+,19+,20+/m0/s1. The van der Waals surface area contributed by atoms with E-state index in [2.05, 4.69) is 13.0 Å². The smallest absolute Gasteiger partial charge is 0.114 e. The molecule has 0 amide bonds. The van der Waals surface area contributed by atoms with Crippen LogP contribution in [-0.4, -0.2) is 59.6 Å². The van der Waals surface area contributed by atoms with Crippen LogP contribution in [-0.2, 0) is 9.47 Å². The fourth-order valence-corrected chi connectivity index (χ4v) is 3.14. The van der Waals surface area contributed by atoms with Crippen LogP contribution in [0.25, 0.3) is 0 Å². The second-order valence-corrected chi connectivity index (χ2v) is 7.00. The minimum Gasteiger partial charge on any atom is -0.394 e. The second kappa shape index (κ2) is 14.7. The Labute approximate surface area is 153 Å². The fraction of sp³-hybridized carbons (Fsp3) is 0.900. The molecule has 1 heterocycles. The largest absolute Gasteiger partial charge is 0.394 e. The molecule has 5 heteroatoms. The zero-order chi connectivity index (χ0) is 18.3. The molecule has 3 N–H and O–H groups in total. The third-order valence-corrected chi connectivity index (χ3v) is 4.78. The van der Waals surface area contributed by atoms with Crippen molar-refractivity contribution in [2.75, 3.05) is 19.8 Å². The monoisotopic (exact) mass is 358 g/mol. The molecule has 5 nitrogen and oxygen atoms in total. The van der Waals surface area contributed by atoms with Crippen LogP contribution in [0, 0.1) is 0 Å². The summed E-state index contributed by atoms with van der Waals surface area (Å²) in [7, 11) is 0. The minimum atomic E-state index is -1.06. The molecule has 0 saturated carbocycles. The molecule has 1 aliphatic heterocycles. The van der Waals surface area contributed by atoms with E-state index >= 15 is 0 Å². The molecule has 0 spiro atoms. The number of rotatable bonds is 15. The SMILES string of the molecule is CCCCCCCCCCC/C=C/CO[C@@H]1CO[C@H]([C@@H](O)CO)[C@@H]1O. The molecule has 0 bridgehead atoms. The third-order valence-electron chi connectivity index (χ3n) is 4.78. The van der Waals surface area contributed by atoms with Gasteiger partial charge >= 0.3 is 0 Å². The maximum Gasteiger partial charge on any atom is 0.114 e. The highest BCUT2D eigenvalue weighted by molar-refractivity contribution is 4.90. The molecule has 1 rings (SSSR count). The molecule has 1 saturated heterocycles. The van der Waals surface area contributed by atoms with Gasteiger partial charge in [-0.25, -0.2) is 0 Å². The summed E-state index contributed by atoms with van der Waals surface area (Å²) in [5.41, 5.74) is 0. The number of unbranched alkanes of at least 4 members (excludes halogenated alkanes) is 9. The Bertz CT molecular complexity index is 334. The van der Waals surface area contributed by atoms with Gasteiger partial charge in [-0.15, -0.1) is 0 Å². The summed E-state index contributed by atoms with van der Waals surface area (Å²) in [5, 5.41) is 28.4. The lowest BCUT2D eigenvalue weighted by Crippen LogP contribution is -2.41. The van der Waals surface area contributed by atoms with Gasteiger partial charge in [0.2, 0.25) is 0 Å². The van der Waals surface area contributed by atoms with Gasteiger partial charge in [0, 0.05) is 0 Å². The summed E-state index contributed by atoms with van der Waals surface area (Å²) in [4.78, 5) is 0. The number of hydrogen-bond acceptors (Lipinski definition) is 5. The number of ether oxygens (including phenoxy) is 2. The first-order chi connectivity index (χ1) is 12.2. The Kier molecular flexibility index (Phi) is 13.3. The van der Waals surface area contributed by atoms with E-state index in [9.17, 15) is 10.2 Å². The summed E-state index contributed by atoms with van der Waals surface area (Å²) in [6.07, 6.45) is 14.0. The first-order valence-electron chi connectivity index (χ1n) is 10.1. The summed E-state index contributed by atoms with van der Waals surface area (Å²) in [6, 6.07) is 0. The number of allylic oxidation sites excluding steroid dienone is 1. The molecule has 25 heavy (non-hydrogen) atoms. The Hall–Kier alpha value is -0.460. The first-order valence-corrected chi connectivity index (χ1v) is 10.1. The van der Waals surface area contributed by atoms with Crippen LogP contribution in [0.15, 0.2) is 12.2 Å². The third kappa shape index (κ3) is 9.71. The van der Waals surface area contributed by atoms with Gasteiger partial charge in [0.15, 0.2) is 0 Å². The lowest BCUT2D eigenvalue weighted by molar-refractivity contribution is -0.0716. The Morgan fingerprint density at radius 3 is 2.32 bits per heavy atom. The van der Waals surface area contributed by atoms with E-state index in [-0.39, 0.29) is 6.61 Å². The van der Waals surface area contributed by atoms with Crippen LogP contribution in [0.4, 0.5) is 0 Å². The van der Waals surface area contributed by atoms with Crippen LogP contribution in [0.5, 0.6) is 0 Å². The highest BCUT2D eigenvalue weighted by atomic mass is 16.6. The van der Waals surface area contributed by atoms with Gasteiger partial charge in [-0.05, 0) is 12.8 Å². The van der Waals surface area contributed by atoms with E-state index in [1.807, 2.05) is 6.08 Å². The summed E-state index contributed by atoms with van der Waals surface area (Å²) in [6.45, 7) is 2.51. The summed E-state index contributed by atoms with van der Waals surface area (Å²) < 4.78 is 10.9. The predicted molar refractivity (Wildman–Crippen MR) is 99.6 cm³/mol. The summed E-state index contributed by atoms with van der Waals surface area (Å²) in [5.74, 6) is 0. The van der Waals surface area contributed by atoms with Gasteiger partial charge in [0.25, 0.3) is 0 Å². The highest BCUT2D eigenvalue weighted by Gasteiger charge is 2.40. The molecule has 4 atom stereocenters. The van der Waals surface area contributed by atoms with Crippen molar-refractivity contribution in [3.8, 4) is 0 Å². The highest BCUT2D eigenvalue weighted by Crippen LogP contribution is 2.20. The molecule has 0 aromatic heterocycles. The van der Waals surface area contributed by atoms with Gasteiger partial charge < -0.3 is 24.8 Å². The molecule has 148 valence electrons. The maximum atomic E-state index is 10.00. The van der Waals surface area contributed by atoms with Gasteiger partial charge in [-0.1, -0.05) is 70.4 Å². The molecule has 1 fully saturated rings. The average Bonchev–Trinajstić information content (AvgIpc) is 2.99. The maximum absolute atomic E-state index is 10.00. The average molecular weight is 359 g/mol. The Morgan fingerprint density at radius 2 is 1.68 bits per heavy atom. The Morgan fingerprint density at radius 1 is 1.04 bits per heavy atom. The molecule has 0 aromatic carbocycles. The molecule has 0 radical (unpaired) electrons.